The van der Waals surface area contributed by atoms with Crippen molar-refractivity contribution in [1.82, 2.24) is 4.98 Å². The van der Waals surface area contributed by atoms with Crippen LogP contribution in [-0.2, 0) is 16.1 Å². The lowest BCUT2D eigenvalue weighted by molar-refractivity contribution is -0.149. The van der Waals surface area contributed by atoms with Gasteiger partial charge < -0.3 is 4.74 Å². The van der Waals surface area contributed by atoms with E-state index in [4.69, 9.17) is 27.9 Å². The zero-order valence-electron chi connectivity index (χ0n) is 9.17. The average Bonchev–Trinajstić information content (AvgIpc) is 2.28. The van der Waals surface area contributed by atoms with Gasteiger partial charge in [0.25, 0.3) is 0 Å². The van der Waals surface area contributed by atoms with Gasteiger partial charge in [0.1, 0.15) is 11.8 Å². The van der Waals surface area contributed by atoms with E-state index in [1.165, 1.54) is 0 Å². The Morgan fingerprint density at radius 2 is 2.19 bits per heavy atom. The molecule has 3 nitrogen and oxygen atoms in total. The lowest BCUT2D eigenvalue weighted by atomic mass is 10.1. The van der Waals surface area contributed by atoms with Crippen molar-refractivity contribution in [2.24, 2.45) is 5.92 Å². The van der Waals surface area contributed by atoms with E-state index >= 15 is 0 Å². The molecule has 16 heavy (non-hydrogen) atoms. The highest BCUT2D eigenvalue weighted by molar-refractivity contribution is 6.32. The van der Waals surface area contributed by atoms with Gasteiger partial charge in [0.2, 0.25) is 0 Å². The number of nitrogens with zero attached hydrogens (tertiary/aromatic N) is 1. The predicted octanol–water partition coefficient (Wildman–Crippen LogP) is 3.48. The van der Waals surface area contributed by atoms with Crippen molar-refractivity contribution >= 4 is 29.2 Å². The number of hydrogen-bond donors (Lipinski definition) is 0. The molecule has 88 valence electrons. The number of aromatic nitrogens is 1. The molecular weight excluding hydrogens is 249 g/mol. The van der Waals surface area contributed by atoms with Crippen LogP contribution in [0.3, 0.4) is 0 Å². The molecule has 0 amide bonds. The third-order valence-electron chi connectivity index (χ3n) is 2.25. The molecule has 1 atom stereocenters. The maximum atomic E-state index is 11.4. The zero-order chi connectivity index (χ0) is 12.1. The van der Waals surface area contributed by atoms with Gasteiger partial charge in [-0.15, -0.1) is 0 Å². The molecule has 1 aromatic rings. The molecule has 0 N–H and O–H groups in total. The van der Waals surface area contributed by atoms with Crippen LogP contribution in [0.4, 0.5) is 0 Å². The van der Waals surface area contributed by atoms with E-state index in [0.717, 1.165) is 6.42 Å². The maximum absolute atomic E-state index is 11.4. The lowest BCUT2D eigenvalue weighted by Gasteiger charge is -2.09. The van der Waals surface area contributed by atoms with Crippen LogP contribution in [0.2, 0.25) is 10.2 Å². The Labute approximate surface area is 105 Å². The molecule has 0 bridgehead atoms. The highest BCUT2D eigenvalue weighted by Crippen LogP contribution is 2.18. The van der Waals surface area contributed by atoms with Crippen molar-refractivity contribution in [3.8, 4) is 0 Å². The molecule has 0 spiro atoms. The molecule has 0 saturated carbocycles. The second-order valence-corrected chi connectivity index (χ2v) is 4.27. The Bertz CT molecular complexity index is 382. The van der Waals surface area contributed by atoms with Gasteiger partial charge in [0.05, 0.1) is 16.6 Å². The summed E-state index contributed by atoms with van der Waals surface area (Å²) >= 11 is 11.6. The van der Waals surface area contributed by atoms with Gasteiger partial charge in [-0.25, -0.2) is 4.98 Å². The Balaban J connectivity index is 2.61. The summed E-state index contributed by atoms with van der Waals surface area (Å²) in [5.74, 6) is -0.363. The molecule has 0 fully saturated rings. The number of carbonyl (C=O) groups is 1. The summed E-state index contributed by atoms with van der Waals surface area (Å²) in [5, 5.41) is 0.778. The molecule has 0 saturated heterocycles. The smallest absolute Gasteiger partial charge is 0.309 e. The summed E-state index contributed by atoms with van der Waals surface area (Å²) in [6, 6.07) is 3.22. The van der Waals surface area contributed by atoms with Gasteiger partial charge in [-0.05, 0) is 18.6 Å². The van der Waals surface area contributed by atoms with Crippen LogP contribution < -0.4 is 0 Å². The fraction of sp³-hybridized carbons (Fsp3) is 0.455. The molecule has 0 aliphatic heterocycles. The van der Waals surface area contributed by atoms with Crippen molar-refractivity contribution in [3.05, 3.63) is 28.0 Å². The summed E-state index contributed by atoms with van der Waals surface area (Å²) in [6.45, 7) is 3.80. The van der Waals surface area contributed by atoms with Crippen LogP contribution in [0.5, 0.6) is 0 Å². The number of pyridine rings is 1. The number of hydrogen-bond acceptors (Lipinski definition) is 3. The fourth-order valence-electron chi connectivity index (χ4n) is 1.01. The van der Waals surface area contributed by atoms with Crippen LogP contribution in [0.15, 0.2) is 12.1 Å². The second-order valence-electron chi connectivity index (χ2n) is 3.48. The molecule has 0 aliphatic rings. The van der Waals surface area contributed by atoms with Crippen molar-refractivity contribution < 1.29 is 9.53 Å². The minimum absolute atomic E-state index is 0.0581. The molecule has 1 aromatic heterocycles. The first-order valence-electron chi connectivity index (χ1n) is 5.02. The highest BCUT2D eigenvalue weighted by atomic mass is 35.5. The Hall–Kier alpha value is -0.800. The Morgan fingerprint density at radius 3 is 2.81 bits per heavy atom. The number of rotatable bonds is 4. The van der Waals surface area contributed by atoms with E-state index < -0.39 is 0 Å². The van der Waals surface area contributed by atoms with Crippen LogP contribution in [-0.4, -0.2) is 11.0 Å². The van der Waals surface area contributed by atoms with Gasteiger partial charge in [0.15, 0.2) is 0 Å². The summed E-state index contributed by atoms with van der Waals surface area (Å²) in [6.07, 6.45) is 0.746. The zero-order valence-corrected chi connectivity index (χ0v) is 10.7. The third-order valence-corrected chi connectivity index (χ3v) is 2.81. The first-order valence-corrected chi connectivity index (χ1v) is 5.77. The fourth-order valence-corrected chi connectivity index (χ4v) is 1.33. The first kappa shape index (κ1) is 13.3. The van der Waals surface area contributed by atoms with Crippen LogP contribution in [0.1, 0.15) is 26.0 Å². The van der Waals surface area contributed by atoms with E-state index in [9.17, 15) is 4.79 Å². The molecule has 0 aliphatic carbocycles. The molecule has 1 heterocycles. The topological polar surface area (TPSA) is 39.2 Å². The van der Waals surface area contributed by atoms with Crippen LogP contribution in [0.25, 0.3) is 0 Å². The standard InChI is InChI=1S/C11H13Cl2NO2/c1-3-7(2)11(15)16-6-9-8(12)4-5-10(13)14-9/h4-5,7H,3,6H2,1-2H3. The van der Waals surface area contributed by atoms with Gasteiger partial charge in [-0.2, -0.15) is 0 Å². The average molecular weight is 262 g/mol. The van der Waals surface area contributed by atoms with Crippen molar-refractivity contribution in [3.63, 3.8) is 0 Å². The third kappa shape index (κ3) is 3.65. The van der Waals surface area contributed by atoms with Crippen molar-refractivity contribution in [2.45, 2.75) is 26.9 Å². The van der Waals surface area contributed by atoms with E-state index in [0.29, 0.717) is 15.9 Å². The number of ether oxygens (including phenoxy) is 1. The maximum Gasteiger partial charge on any atom is 0.309 e. The highest BCUT2D eigenvalue weighted by Gasteiger charge is 2.13. The molecule has 1 unspecified atom stereocenters. The molecule has 0 aromatic carbocycles. The van der Waals surface area contributed by atoms with E-state index in [2.05, 4.69) is 4.98 Å². The van der Waals surface area contributed by atoms with E-state index in [1.807, 2.05) is 13.8 Å². The molecule has 1 rings (SSSR count). The lowest BCUT2D eigenvalue weighted by Crippen LogP contribution is -2.14. The minimum atomic E-state index is -0.250. The summed E-state index contributed by atoms with van der Waals surface area (Å²) in [5.41, 5.74) is 0.478. The second kappa shape index (κ2) is 6.06. The van der Waals surface area contributed by atoms with Gasteiger partial charge in [-0.1, -0.05) is 37.0 Å². The van der Waals surface area contributed by atoms with Crippen molar-refractivity contribution in [1.29, 1.82) is 0 Å². The molecule has 0 radical (unpaired) electrons. The van der Waals surface area contributed by atoms with Crippen LogP contribution in [0, 0.1) is 5.92 Å². The minimum Gasteiger partial charge on any atom is -0.459 e. The largest absolute Gasteiger partial charge is 0.459 e. The number of carbonyl (C=O) groups excluding carboxylic acids is 1. The van der Waals surface area contributed by atoms with Gasteiger partial charge in [0, 0.05) is 0 Å². The molecular formula is C11H13Cl2NO2. The monoisotopic (exact) mass is 261 g/mol. The van der Waals surface area contributed by atoms with Crippen molar-refractivity contribution in [2.75, 3.05) is 0 Å². The van der Waals surface area contributed by atoms with Crippen LogP contribution >= 0.6 is 23.2 Å². The van der Waals surface area contributed by atoms with Gasteiger partial charge in [-0.3, -0.25) is 4.79 Å². The molecule has 5 heteroatoms. The summed E-state index contributed by atoms with van der Waals surface area (Å²) < 4.78 is 5.07. The Kier molecular flexibility index (Phi) is 5.03. The van der Waals surface area contributed by atoms with E-state index in [1.54, 1.807) is 12.1 Å². The predicted molar refractivity (Wildman–Crippen MR) is 63.5 cm³/mol. The summed E-state index contributed by atoms with van der Waals surface area (Å²) in [4.78, 5) is 15.4. The SMILES string of the molecule is CCC(C)C(=O)OCc1nc(Cl)ccc1Cl. The van der Waals surface area contributed by atoms with Gasteiger partial charge >= 0.3 is 5.97 Å². The quantitative estimate of drug-likeness (QED) is 0.616. The first-order chi connectivity index (χ1) is 7.54. The number of esters is 1. The Morgan fingerprint density at radius 1 is 1.50 bits per heavy atom. The summed E-state index contributed by atoms with van der Waals surface area (Å²) in [7, 11) is 0. The number of halogens is 2. The van der Waals surface area contributed by atoms with E-state index in [-0.39, 0.29) is 18.5 Å². The normalized spacial score (nSPS) is 12.2.